The fourth-order valence-electron chi connectivity index (χ4n) is 1.51. The summed E-state index contributed by atoms with van der Waals surface area (Å²) in [6.07, 6.45) is 1.32. The third-order valence-electron chi connectivity index (χ3n) is 2.62. The van der Waals surface area contributed by atoms with Crippen LogP contribution in [-0.2, 0) is 16.6 Å². The van der Waals surface area contributed by atoms with Crippen molar-refractivity contribution in [1.29, 1.82) is 0 Å². The van der Waals surface area contributed by atoms with Crippen LogP contribution in [0.4, 0.5) is 5.69 Å². The van der Waals surface area contributed by atoms with E-state index in [9.17, 15) is 8.42 Å². The maximum atomic E-state index is 12.0. The zero-order valence-electron chi connectivity index (χ0n) is 10.5. The molecule has 1 aromatic heterocycles. The highest BCUT2D eigenvalue weighted by Crippen LogP contribution is 2.09. The van der Waals surface area contributed by atoms with Gasteiger partial charge in [0.2, 0.25) is 0 Å². The lowest BCUT2D eigenvalue weighted by Crippen LogP contribution is -2.24. The number of nitrogen functional groups attached to an aromatic ring is 1. The average molecular weight is 277 g/mol. The molecule has 6 heteroatoms. The number of nitrogens with two attached hydrogens (primary N) is 1. The van der Waals surface area contributed by atoms with Crippen LogP contribution in [-0.4, -0.2) is 13.4 Å². The van der Waals surface area contributed by atoms with Crippen molar-refractivity contribution in [1.82, 2.24) is 9.71 Å². The molecule has 2 rings (SSSR count). The summed E-state index contributed by atoms with van der Waals surface area (Å²) < 4.78 is 26.4. The molecule has 0 bridgehead atoms. The monoisotopic (exact) mass is 277 g/mol. The molecule has 0 saturated heterocycles. The van der Waals surface area contributed by atoms with Crippen molar-refractivity contribution in [2.24, 2.45) is 0 Å². The first-order valence-corrected chi connectivity index (χ1v) is 7.22. The summed E-state index contributed by atoms with van der Waals surface area (Å²) in [6.45, 7) is 2.21. The normalized spacial score (nSPS) is 11.4. The van der Waals surface area contributed by atoms with E-state index in [2.05, 4.69) is 9.71 Å². The zero-order valence-corrected chi connectivity index (χ0v) is 11.3. The Labute approximate surface area is 112 Å². The van der Waals surface area contributed by atoms with E-state index < -0.39 is 10.0 Å². The Balaban J connectivity index is 2.09. The Bertz CT molecular complexity index is 649. The molecule has 0 amide bonds. The van der Waals surface area contributed by atoms with Crippen molar-refractivity contribution < 1.29 is 8.42 Å². The van der Waals surface area contributed by atoms with Crippen LogP contribution in [0.5, 0.6) is 0 Å². The number of aryl methyl sites for hydroxylation is 1. The first-order chi connectivity index (χ1) is 8.97. The van der Waals surface area contributed by atoms with Crippen molar-refractivity contribution in [3.05, 3.63) is 53.7 Å². The standard InChI is InChI=1S/C13H15N3O2S/c1-10-2-4-11(5-3-10)8-16-19(17,18)13-7-6-12(14)9-15-13/h2-7,9,16H,8,14H2,1H3. The van der Waals surface area contributed by atoms with Gasteiger partial charge in [0.15, 0.2) is 5.03 Å². The second kappa shape index (κ2) is 5.38. The molecule has 0 aliphatic carbocycles. The number of anilines is 1. The molecule has 1 aromatic carbocycles. The van der Waals surface area contributed by atoms with Gasteiger partial charge in [0.05, 0.1) is 11.9 Å². The van der Waals surface area contributed by atoms with Crippen LogP contribution in [0.15, 0.2) is 47.6 Å². The second-order valence-electron chi connectivity index (χ2n) is 4.24. The predicted octanol–water partition coefficient (Wildman–Crippen LogP) is 1.45. The van der Waals surface area contributed by atoms with Gasteiger partial charge in [-0.15, -0.1) is 0 Å². The first-order valence-electron chi connectivity index (χ1n) is 5.74. The van der Waals surface area contributed by atoms with E-state index in [0.717, 1.165) is 11.1 Å². The molecule has 1 heterocycles. The number of hydrogen-bond donors (Lipinski definition) is 2. The van der Waals surface area contributed by atoms with Crippen molar-refractivity contribution in [3.8, 4) is 0 Å². The fourth-order valence-corrected chi connectivity index (χ4v) is 2.45. The summed E-state index contributed by atoms with van der Waals surface area (Å²) in [5.41, 5.74) is 7.92. The highest BCUT2D eigenvalue weighted by molar-refractivity contribution is 7.89. The number of aromatic nitrogens is 1. The molecule has 0 atom stereocenters. The van der Waals surface area contributed by atoms with Crippen LogP contribution < -0.4 is 10.5 Å². The van der Waals surface area contributed by atoms with Gasteiger partial charge in [-0.1, -0.05) is 29.8 Å². The molecule has 2 aromatic rings. The van der Waals surface area contributed by atoms with E-state index in [1.807, 2.05) is 31.2 Å². The SMILES string of the molecule is Cc1ccc(CNS(=O)(=O)c2ccc(N)cn2)cc1. The average Bonchev–Trinajstić information content (AvgIpc) is 2.39. The minimum absolute atomic E-state index is 0.0335. The van der Waals surface area contributed by atoms with E-state index in [1.54, 1.807) is 0 Å². The Hall–Kier alpha value is -1.92. The third-order valence-corrected chi connectivity index (χ3v) is 3.94. The van der Waals surface area contributed by atoms with Crippen LogP contribution in [0.1, 0.15) is 11.1 Å². The number of nitrogens with one attached hydrogen (secondary N) is 1. The van der Waals surface area contributed by atoms with Gasteiger partial charge in [0, 0.05) is 6.54 Å². The molecular formula is C13H15N3O2S. The molecule has 3 N–H and O–H groups in total. The summed E-state index contributed by atoms with van der Waals surface area (Å²) in [4.78, 5) is 3.80. The van der Waals surface area contributed by atoms with Crippen molar-refractivity contribution in [2.45, 2.75) is 18.5 Å². The number of benzene rings is 1. The van der Waals surface area contributed by atoms with E-state index in [4.69, 9.17) is 5.73 Å². The lowest BCUT2D eigenvalue weighted by atomic mass is 10.2. The molecule has 0 spiro atoms. The van der Waals surface area contributed by atoms with Gasteiger partial charge in [0.25, 0.3) is 10.0 Å². The molecule has 0 unspecified atom stereocenters. The van der Waals surface area contributed by atoms with E-state index in [-0.39, 0.29) is 11.6 Å². The topological polar surface area (TPSA) is 85.1 Å². The first kappa shape index (κ1) is 13.5. The Morgan fingerprint density at radius 1 is 1.16 bits per heavy atom. The van der Waals surface area contributed by atoms with Crippen LogP contribution in [0.2, 0.25) is 0 Å². The number of nitrogens with zero attached hydrogens (tertiary/aromatic N) is 1. The van der Waals surface area contributed by atoms with Crippen LogP contribution in [0, 0.1) is 6.92 Å². The maximum Gasteiger partial charge on any atom is 0.258 e. The molecule has 5 nitrogen and oxygen atoms in total. The van der Waals surface area contributed by atoms with E-state index >= 15 is 0 Å². The number of rotatable bonds is 4. The number of pyridine rings is 1. The molecule has 0 aliphatic rings. The highest BCUT2D eigenvalue weighted by Gasteiger charge is 2.14. The minimum Gasteiger partial charge on any atom is -0.397 e. The van der Waals surface area contributed by atoms with E-state index in [1.165, 1.54) is 18.3 Å². The smallest absolute Gasteiger partial charge is 0.258 e. The van der Waals surface area contributed by atoms with Gasteiger partial charge in [-0.3, -0.25) is 0 Å². The molecule has 0 saturated carbocycles. The van der Waals surface area contributed by atoms with Crippen LogP contribution >= 0.6 is 0 Å². The molecule has 0 aliphatic heterocycles. The van der Waals surface area contributed by atoms with Crippen molar-refractivity contribution in [3.63, 3.8) is 0 Å². The summed E-state index contributed by atoms with van der Waals surface area (Å²) in [6, 6.07) is 10.5. The molecule has 0 fully saturated rings. The summed E-state index contributed by atoms with van der Waals surface area (Å²) >= 11 is 0. The molecular weight excluding hydrogens is 262 g/mol. The Morgan fingerprint density at radius 2 is 1.84 bits per heavy atom. The Morgan fingerprint density at radius 3 is 2.42 bits per heavy atom. The number of hydrogen-bond acceptors (Lipinski definition) is 4. The molecule has 19 heavy (non-hydrogen) atoms. The lowest BCUT2D eigenvalue weighted by Gasteiger charge is -2.06. The van der Waals surface area contributed by atoms with Crippen LogP contribution in [0.25, 0.3) is 0 Å². The maximum absolute atomic E-state index is 12.0. The number of sulfonamides is 1. The third kappa shape index (κ3) is 3.52. The van der Waals surface area contributed by atoms with Gasteiger partial charge < -0.3 is 5.73 Å². The Kier molecular flexibility index (Phi) is 3.82. The molecule has 0 radical (unpaired) electrons. The largest absolute Gasteiger partial charge is 0.397 e. The van der Waals surface area contributed by atoms with Gasteiger partial charge in [-0.05, 0) is 24.6 Å². The molecule has 100 valence electrons. The second-order valence-corrected chi connectivity index (χ2v) is 5.95. The van der Waals surface area contributed by atoms with E-state index in [0.29, 0.717) is 5.69 Å². The summed E-state index contributed by atoms with van der Waals surface area (Å²) in [5, 5.41) is -0.0335. The van der Waals surface area contributed by atoms with Gasteiger partial charge in [-0.25, -0.2) is 18.1 Å². The van der Waals surface area contributed by atoms with Crippen molar-refractivity contribution >= 4 is 15.7 Å². The zero-order chi connectivity index (χ0) is 13.9. The lowest BCUT2D eigenvalue weighted by molar-refractivity contribution is 0.577. The van der Waals surface area contributed by atoms with Gasteiger partial charge in [0.1, 0.15) is 0 Å². The van der Waals surface area contributed by atoms with Gasteiger partial charge >= 0.3 is 0 Å². The highest BCUT2D eigenvalue weighted by atomic mass is 32.2. The summed E-state index contributed by atoms with van der Waals surface area (Å²) in [5.74, 6) is 0. The fraction of sp³-hybridized carbons (Fsp3) is 0.154. The van der Waals surface area contributed by atoms with Crippen molar-refractivity contribution in [2.75, 3.05) is 5.73 Å². The minimum atomic E-state index is -3.60. The summed E-state index contributed by atoms with van der Waals surface area (Å²) in [7, 11) is -3.60. The van der Waals surface area contributed by atoms with Gasteiger partial charge in [-0.2, -0.15) is 0 Å². The predicted molar refractivity (Wildman–Crippen MR) is 73.9 cm³/mol. The quantitative estimate of drug-likeness (QED) is 0.885. The van der Waals surface area contributed by atoms with Crippen LogP contribution in [0.3, 0.4) is 0 Å².